The Morgan fingerprint density at radius 2 is 2.19 bits per heavy atom. The van der Waals surface area contributed by atoms with E-state index in [0.29, 0.717) is 29.1 Å². The van der Waals surface area contributed by atoms with Crippen LogP contribution in [-0.4, -0.2) is 10.8 Å². The normalized spacial score (nSPS) is 22.4. The quantitative estimate of drug-likeness (QED) is 0.763. The molecule has 1 unspecified atom stereocenters. The van der Waals surface area contributed by atoms with Crippen LogP contribution in [0.3, 0.4) is 0 Å². The Kier molecular flexibility index (Phi) is 3.01. The Hall–Kier alpha value is -0.910. The lowest BCUT2D eigenvalue weighted by molar-refractivity contribution is -0.137. The van der Waals surface area contributed by atoms with Crippen LogP contribution in [0.1, 0.15) is 41.5 Å². The molecule has 0 aromatic carbocycles. The third-order valence-electron chi connectivity index (χ3n) is 2.65. The lowest BCUT2D eigenvalue weighted by Gasteiger charge is -2.18. The second-order valence-corrected chi connectivity index (χ2v) is 4.96. The summed E-state index contributed by atoms with van der Waals surface area (Å²) in [5.41, 5.74) is 0. The molecule has 0 N–H and O–H groups in total. The first-order chi connectivity index (χ1) is 7.47. The van der Waals surface area contributed by atoms with Crippen LogP contribution >= 0.6 is 11.3 Å². The Morgan fingerprint density at radius 1 is 1.44 bits per heavy atom. The molecule has 6 heteroatoms. The highest BCUT2D eigenvalue weighted by atomic mass is 32.1. The molecular weight excluding hydrogens is 239 g/mol. The number of carbonyl (C=O) groups excluding carboxylic acids is 1. The molecule has 0 radical (unpaired) electrons. The number of rotatable bonds is 1. The first-order valence-electron chi connectivity index (χ1n) is 5.01. The highest BCUT2D eigenvalue weighted by Crippen LogP contribution is 2.38. The van der Waals surface area contributed by atoms with E-state index in [4.69, 9.17) is 0 Å². The Labute approximate surface area is 94.5 Å². The summed E-state index contributed by atoms with van der Waals surface area (Å²) in [6.07, 6.45) is -0.646. The first-order valence-corrected chi connectivity index (χ1v) is 5.83. The minimum atomic E-state index is -4.37. The number of hydrogen-bond acceptors (Lipinski definition) is 3. The summed E-state index contributed by atoms with van der Waals surface area (Å²) in [5, 5.41) is -0.819. The molecule has 1 fully saturated rings. The maximum Gasteiger partial charge on any atom is 0.443 e. The van der Waals surface area contributed by atoms with Crippen molar-refractivity contribution < 1.29 is 18.0 Å². The number of ketones is 1. The molecule has 0 saturated heterocycles. The number of nitrogens with zero attached hydrogens (tertiary/aromatic N) is 1. The molecule has 1 aromatic rings. The number of alkyl halides is 3. The second-order valence-electron chi connectivity index (χ2n) is 3.90. The van der Waals surface area contributed by atoms with Gasteiger partial charge in [0.15, 0.2) is 5.01 Å². The average Bonchev–Trinajstić information content (AvgIpc) is 2.65. The van der Waals surface area contributed by atoms with Gasteiger partial charge in [-0.05, 0) is 12.8 Å². The highest BCUT2D eigenvalue weighted by molar-refractivity contribution is 7.11. The van der Waals surface area contributed by atoms with Gasteiger partial charge in [0.25, 0.3) is 0 Å². The van der Waals surface area contributed by atoms with E-state index in [2.05, 4.69) is 4.98 Å². The van der Waals surface area contributed by atoms with E-state index in [-0.39, 0.29) is 11.7 Å². The molecule has 1 aliphatic carbocycles. The fourth-order valence-corrected chi connectivity index (χ4v) is 2.79. The first kappa shape index (κ1) is 11.6. The third-order valence-corrected chi connectivity index (χ3v) is 3.86. The van der Waals surface area contributed by atoms with Crippen LogP contribution in [0, 0.1) is 0 Å². The van der Waals surface area contributed by atoms with Crippen molar-refractivity contribution in [3.63, 3.8) is 0 Å². The van der Waals surface area contributed by atoms with Gasteiger partial charge in [0.05, 0.1) is 0 Å². The fraction of sp³-hybridized carbons (Fsp3) is 0.600. The SMILES string of the molecule is O=C1CCCC(c2cnc(C(F)(F)F)s2)C1. The average molecular weight is 249 g/mol. The molecule has 1 aromatic heterocycles. The Balaban J connectivity index is 2.15. The molecule has 88 valence electrons. The largest absolute Gasteiger partial charge is 0.443 e. The van der Waals surface area contributed by atoms with Gasteiger partial charge in [0.2, 0.25) is 0 Å². The lowest BCUT2D eigenvalue weighted by Crippen LogP contribution is -2.12. The molecule has 1 aliphatic rings. The lowest BCUT2D eigenvalue weighted by atomic mass is 9.88. The van der Waals surface area contributed by atoms with Crippen LogP contribution in [0.15, 0.2) is 6.20 Å². The van der Waals surface area contributed by atoms with Crippen LogP contribution in [0.4, 0.5) is 13.2 Å². The van der Waals surface area contributed by atoms with Gasteiger partial charge in [-0.1, -0.05) is 0 Å². The smallest absolute Gasteiger partial charge is 0.300 e. The van der Waals surface area contributed by atoms with Crippen molar-refractivity contribution in [2.45, 2.75) is 37.8 Å². The van der Waals surface area contributed by atoms with Crippen molar-refractivity contribution in [1.82, 2.24) is 4.98 Å². The summed E-state index contributed by atoms with van der Waals surface area (Å²) >= 11 is 0.660. The zero-order valence-corrected chi connectivity index (χ0v) is 9.20. The van der Waals surface area contributed by atoms with Crippen molar-refractivity contribution >= 4 is 17.1 Å². The number of hydrogen-bond donors (Lipinski definition) is 0. The zero-order valence-electron chi connectivity index (χ0n) is 8.38. The van der Waals surface area contributed by atoms with Crippen LogP contribution < -0.4 is 0 Å². The Morgan fingerprint density at radius 3 is 2.75 bits per heavy atom. The van der Waals surface area contributed by atoms with Gasteiger partial charge in [0, 0.05) is 29.8 Å². The van der Waals surface area contributed by atoms with Crippen molar-refractivity contribution in [1.29, 1.82) is 0 Å². The molecule has 0 bridgehead atoms. The summed E-state index contributed by atoms with van der Waals surface area (Å²) in [7, 11) is 0. The number of aromatic nitrogens is 1. The van der Waals surface area contributed by atoms with Gasteiger partial charge in [-0.25, -0.2) is 4.98 Å². The topological polar surface area (TPSA) is 30.0 Å². The molecule has 0 amide bonds. The summed E-state index contributed by atoms with van der Waals surface area (Å²) < 4.78 is 37.0. The molecule has 2 rings (SSSR count). The van der Waals surface area contributed by atoms with E-state index in [0.717, 1.165) is 12.8 Å². The molecule has 2 nitrogen and oxygen atoms in total. The molecule has 1 heterocycles. The van der Waals surface area contributed by atoms with Crippen LogP contribution in [0.5, 0.6) is 0 Å². The van der Waals surface area contributed by atoms with Gasteiger partial charge < -0.3 is 0 Å². The minimum absolute atomic E-state index is 0.0603. The van der Waals surface area contributed by atoms with Crippen molar-refractivity contribution in [3.8, 4) is 0 Å². The number of thiazole rings is 1. The van der Waals surface area contributed by atoms with E-state index in [1.807, 2.05) is 0 Å². The van der Waals surface area contributed by atoms with E-state index >= 15 is 0 Å². The predicted octanol–water partition coefficient (Wildman–Crippen LogP) is 3.39. The van der Waals surface area contributed by atoms with Gasteiger partial charge in [-0.15, -0.1) is 11.3 Å². The van der Waals surface area contributed by atoms with Gasteiger partial charge in [0.1, 0.15) is 5.78 Å². The maximum atomic E-state index is 12.3. The van der Waals surface area contributed by atoms with Gasteiger partial charge in [-0.2, -0.15) is 13.2 Å². The van der Waals surface area contributed by atoms with Crippen LogP contribution in [-0.2, 0) is 11.0 Å². The van der Waals surface area contributed by atoms with Gasteiger partial charge in [-0.3, -0.25) is 4.79 Å². The summed E-state index contributed by atoms with van der Waals surface area (Å²) in [6, 6.07) is 0. The molecule has 0 aliphatic heterocycles. The molecule has 1 saturated carbocycles. The van der Waals surface area contributed by atoms with Crippen molar-refractivity contribution in [2.75, 3.05) is 0 Å². The third kappa shape index (κ3) is 2.42. The highest BCUT2D eigenvalue weighted by Gasteiger charge is 2.35. The minimum Gasteiger partial charge on any atom is -0.300 e. The van der Waals surface area contributed by atoms with Crippen LogP contribution in [0.25, 0.3) is 0 Å². The molecule has 1 atom stereocenters. The monoisotopic (exact) mass is 249 g/mol. The number of Topliss-reactive ketones (excluding diaryl/α,β-unsaturated/α-hetero) is 1. The molecule has 16 heavy (non-hydrogen) atoms. The van der Waals surface area contributed by atoms with E-state index in [1.54, 1.807) is 0 Å². The zero-order chi connectivity index (χ0) is 11.8. The summed E-state index contributed by atoms with van der Waals surface area (Å²) in [5.74, 6) is 0.0769. The predicted molar refractivity (Wildman–Crippen MR) is 53.3 cm³/mol. The van der Waals surface area contributed by atoms with Crippen LogP contribution in [0.2, 0.25) is 0 Å². The Bertz CT molecular complexity index is 399. The van der Waals surface area contributed by atoms with Crippen molar-refractivity contribution in [2.24, 2.45) is 0 Å². The summed E-state index contributed by atoms with van der Waals surface area (Å²) in [6.45, 7) is 0. The number of halogens is 3. The van der Waals surface area contributed by atoms with Gasteiger partial charge >= 0.3 is 6.18 Å². The maximum absolute atomic E-state index is 12.3. The van der Waals surface area contributed by atoms with E-state index in [1.165, 1.54) is 6.20 Å². The van der Waals surface area contributed by atoms with Crippen molar-refractivity contribution in [3.05, 3.63) is 16.1 Å². The van der Waals surface area contributed by atoms with E-state index in [9.17, 15) is 18.0 Å². The fourth-order valence-electron chi connectivity index (χ4n) is 1.87. The summed E-state index contributed by atoms with van der Waals surface area (Å²) in [4.78, 5) is 15.2. The number of carbonyl (C=O) groups is 1. The molecule has 0 spiro atoms. The standard InChI is InChI=1S/C10H10F3NOS/c11-10(12,13)9-14-5-8(16-9)6-2-1-3-7(15)4-6/h5-6H,1-4H2. The molecular formula is C10H10F3NOS. The second kappa shape index (κ2) is 4.16. The van der Waals surface area contributed by atoms with E-state index < -0.39 is 11.2 Å².